The molecule has 0 radical (unpaired) electrons. The first-order chi connectivity index (χ1) is 16.5. The monoisotopic (exact) mass is 492 g/mol. The molecule has 182 valence electrons. The van der Waals surface area contributed by atoms with Gasteiger partial charge in [0.2, 0.25) is 11.8 Å². The molecule has 2 aromatic heterocycles. The van der Waals surface area contributed by atoms with Gasteiger partial charge < -0.3 is 25.0 Å². The fraction of sp³-hybridized carbons (Fsp3) is 0.360. The molecule has 1 aromatic carbocycles. The van der Waals surface area contributed by atoms with Gasteiger partial charge >= 0.3 is 0 Å². The summed E-state index contributed by atoms with van der Waals surface area (Å²) in [6, 6.07) is 11.2. The van der Waals surface area contributed by atoms with Crippen LogP contribution in [0.4, 0.5) is 17.3 Å². The van der Waals surface area contributed by atoms with E-state index < -0.39 is 12.6 Å². The maximum Gasteiger partial charge on any atom is 0.238 e. The van der Waals surface area contributed by atoms with Crippen molar-refractivity contribution in [2.45, 2.75) is 32.3 Å². The molecule has 3 aromatic rings. The van der Waals surface area contributed by atoms with Crippen LogP contribution in [0.15, 0.2) is 36.5 Å². The van der Waals surface area contributed by atoms with Gasteiger partial charge in [0.25, 0.3) is 0 Å². The third-order valence-electron chi connectivity index (χ3n) is 5.86. The molecular formula is C25H29N6O3P. The zero-order chi connectivity index (χ0) is 25.4. The van der Waals surface area contributed by atoms with Crippen molar-refractivity contribution in [3.05, 3.63) is 47.7 Å². The Labute approximate surface area is 205 Å². The highest BCUT2D eigenvalue weighted by Gasteiger charge is 2.36. The average molecular weight is 493 g/mol. The van der Waals surface area contributed by atoms with Crippen LogP contribution in [0.1, 0.15) is 31.9 Å². The number of pyridine rings is 1. The number of rotatable bonds is 7. The zero-order valence-corrected chi connectivity index (χ0v) is 21.3. The topological polar surface area (TPSA) is 133 Å². The smallest absolute Gasteiger partial charge is 0.238 e. The Kier molecular flexibility index (Phi) is 6.54. The van der Waals surface area contributed by atoms with Crippen LogP contribution in [0.5, 0.6) is 5.88 Å². The maximum absolute atomic E-state index is 12.5. The Hall–Kier alpha value is -3.47. The quantitative estimate of drug-likeness (QED) is 0.420. The molecule has 1 aliphatic rings. The second-order valence-corrected chi connectivity index (χ2v) is 12.7. The second-order valence-electron chi connectivity index (χ2n) is 9.56. The Balaban J connectivity index is 1.72. The van der Waals surface area contributed by atoms with E-state index in [0.717, 1.165) is 16.8 Å². The molecule has 0 spiro atoms. The molecule has 0 saturated carbocycles. The summed E-state index contributed by atoms with van der Waals surface area (Å²) in [7, 11) is -2.57. The van der Waals surface area contributed by atoms with E-state index in [1.54, 1.807) is 43.8 Å². The first kappa shape index (κ1) is 24.6. The summed E-state index contributed by atoms with van der Waals surface area (Å²) in [5.41, 5.74) is 4.06. The molecule has 1 aliphatic heterocycles. The molecule has 0 saturated heterocycles. The lowest BCUT2D eigenvalue weighted by Gasteiger charge is -2.21. The first-order valence-corrected chi connectivity index (χ1v) is 13.9. The number of benzene rings is 1. The minimum Gasteiger partial charge on any atom is -0.473 e. The van der Waals surface area contributed by atoms with Gasteiger partial charge in [-0.3, -0.25) is 0 Å². The van der Waals surface area contributed by atoms with Gasteiger partial charge in [-0.25, -0.2) is 15.0 Å². The minimum absolute atomic E-state index is 0.0397. The Bertz CT molecular complexity index is 1360. The number of aromatic nitrogens is 3. The van der Waals surface area contributed by atoms with Gasteiger partial charge in [-0.15, -0.1) is 0 Å². The van der Waals surface area contributed by atoms with Crippen LogP contribution in [0.2, 0.25) is 0 Å². The summed E-state index contributed by atoms with van der Waals surface area (Å²) >= 11 is 0. The van der Waals surface area contributed by atoms with Gasteiger partial charge in [0, 0.05) is 23.7 Å². The number of fused-ring (bicyclic) bond motifs is 1. The summed E-state index contributed by atoms with van der Waals surface area (Å²) < 4.78 is 18.4. The molecular weight excluding hydrogens is 463 g/mol. The molecule has 3 heterocycles. The highest BCUT2D eigenvalue weighted by Crippen LogP contribution is 2.41. The Morgan fingerprint density at radius 3 is 2.71 bits per heavy atom. The van der Waals surface area contributed by atoms with Crippen LogP contribution < -0.4 is 20.8 Å². The van der Waals surface area contributed by atoms with E-state index in [1.807, 2.05) is 26.8 Å². The predicted octanol–water partition coefficient (Wildman–Crippen LogP) is 3.86. The van der Waals surface area contributed by atoms with Crippen molar-refractivity contribution >= 4 is 29.9 Å². The SMILES string of the molecule is CC(C)Oc1nc(P(C)(C)=O)ccc1Nc1nccc(-c2cc(C#N)c3c(c2)[C@@](C)(CO)CN3)n1. The summed E-state index contributed by atoms with van der Waals surface area (Å²) in [5.74, 6) is 0.647. The number of aliphatic hydroxyl groups is 1. The van der Waals surface area contributed by atoms with Crippen molar-refractivity contribution in [1.82, 2.24) is 15.0 Å². The van der Waals surface area contributed by atoms with Crippen molar-refractivity contribution < 1.29 is 14.4 Å². The molecule has 4 rings (SSSR count). The van der Waals surface area contributed by atoms with Crippen LogP contribution in [0.3, 0.4) is 0 Å². The van der Waals surface area contributed by atoms with E-state index in [2.05, 4.69) is 31.7 Å². The van der Waals surface area contributed by atoms with E-state index in [9.17, 15) is 14.9 Å². The summed E-state index contributed by atoms with van der Waals surface area (Å²) in [6.07, 6.45) is 1.49. The Morgan fingerprint density at radius 1 is 1.29 bits per heavy atom. The molecule has 0 bridgehead atoms. The molecule has 1 atom stereocenters. The van der Waals surface area contributed by atoms with E-state index in [-0.39, 0.29) is 12.7 Å². The van der Waals surface area contributed by atoms with E-state index in [1.165, 1.54) is 0 Å². The van der Waals surface area contributed by atoms with Gasteiger partial charge in [0.05, 0.1) is 29.7 Å². The highest BCUT2D eigenvalue weighted by atomic mass is 31.2. The average Bonchev–Trinajstić information content (AvgIpc) is 3.16. The fourth-order valence-electron chi connectivity index (χ4n) is 3.90. The van der Waals surface area contributed by atoms with Crippen LogP contribution in [0, 0.1) is 11.3 Å². The number of aliphatic hydroxyl groups excluding tert-OH is 1. The summed E-state index contributed by atoms with van der Waals surface area (Å²) in [5, 5.41) is 26.1. The number of nitriles is 1. The highest BCUT2D eigenvalue weighted by molar-refractivity contribution is 7.69. The lowest BCUT2D eigenvalue weighted by Crippen LogP contribution is -2.28. The molecule has 35 heavy (non-hydrogen) atoms. The van der Waals surface area contributed by atoms with Crippen molar-refractivity contribution in [2.75, 3.05) is 37.1 Å². The van der Waals surface area contributed by atoms with Crippen LogP contribution in [-0.2, 0) is 9.98 Å². The third-order valence-corrected chi connectivity index (χ3v) is 7.21. The summed E-state index contributed by atoms with van der Waals surface area (Å²) in [6.45, 7) is 9.58. The molecule has 0 amide bonds. The minimum atomic E-state index is -2.57. The number of hydrogen-bond donors (Lipinski definition) is 3. The third kappa shape index (κ3) is 5.00. The summed E-state index contributed by atoms with van der Waals surface area (Å²) in [4.78, 5) is 13.5. The van der Waals surface area contributed by atoms with Crippen molar-refractivity contribution in [3.63, 3.8) is 0 Å². The normalized spacial score (nSPS) is 17.0. The number of ether oxygens (including phenoxy) is 1. The largest absolute Gasteiger partial charge is 0.473 e. The van der Waals surface area contributed by atoms with Gasteiger partial charge in [0.1, 0.15) is 24.3 Å². The van der Waals surface area contributed by atoms with E-state index in [4.69, 9.17) is 4.74 Å². The van der Waals surface area contributed by atoms with Crippen LogP contribution >= 0.6 is 7.14 Å². The van der Waals surface area contributed by atoms with Crippen molar-refractivity contribution in [1.29, 1.82) is 5.26 Å². The van der Waals surface area contributed by atoms with E-state index in [0.29, 0.717) is 40.8 Å². The van der Waals surface area contributed by atoms with Gasteiger partial charge in [-0.05, 0) is 63.1 Å². The standard InChI is InChI=1S/C25H29N6O3P/c1-15(2)34-23-20(6-7-21(31-23)35(4,5)33)30-24-27-9-8-19(29-24)16-10-17(12-26)22-18(11-16)25(3,14-32)13-28-22/h6-11,15,28,32H,13-14H2,1-5H3,(H,27,29,30)/t25-/m1/s1. The first-order valence-electron chi connectivity index (χ1n) is 11.3. The van der Waals surface area contributed by atoms with Gasteiger partial charge in [0.15, 0.2) is 0 Å². The zero-order valence-electron chi connectivity index (χ0n) is 20.5. The molecule has 0 fully saturated rings. The molecule has 3 N–H and O–H groups in total. The number of nitrogens with one attached hydrogen (secondary N) is 2. The molecule has 0 aliphatic carbocycles. The molecule has 10 heteroatoms. The fourth-order valence-corrected chi connectivity index (χ4v) is 4.67. The number of nitrogens with zero attached hydrogens (tertiary/aromatic N) is 4. The second kappa shape index (κ2) is 9.29. The van der Waals surface area contributed by atoms with Crippen LogP contribution in [-0.4, -0.2) is 52.6 Å². The van der Waals surface area contributed by atoms with Crippen molar-refractivity contribution in [3.8, 4) is 23.2 Å². The number of hydrogen-bond acceptors (Lipinski definition) is 9. The Morgan fingerprint density at radius 2 is 2.06 bits per heavy atom. The van der Waals surface area contributed by atoms with Gasteiger partial charge in [-0.2, -0.15) is 5.26 Å². The lowest BCUT2D eigenvalue weighted by molar-refractivity contribution is 0.219. The number of anilines is 3. The molecule has 9 nitrogen and oxygen atoms in total. The van der Waals surface area contributed by atoms with Crippen LogP contribution in [0.25, 0.3) is 11.3 Å². The van der Waals surface area contributed by atoms with E-state index >= 15 is 0 Å². The van der Waals surface area contributed by atoms with Gasteiger partial charge in [-0.1, -0.05) is 6.92 Å². The lowest BCUT2D eigenvalue weighted by atomic mass is 9.83. The van der Waals surface area contributed by atoms with Crippen molar-refractivity contribution in [2.24, 2.45) is 0 Å². The maximum atomic E-state index is 12.5. The predicted molar refractivity (Wildman–Crippen MR) is 137 cm³/mol. The molecule has 0 unspecified atom stereocenters.